The average Bonchev–Trinajstić information content (AvgIpc) is 2.46. The van der Waals surface area contributed by atoms with E-state index in [0.717, 1.165) is 24.6 Å². The van der Waals surface area contributed by atoms with Crippen LogP contribution in [0.4, 0.5) is 0 Å². The van der Waals surface area contributed by atoms with E-state index in [1.54, 1.807) is 0 Å². The SMILES string of the molecule is CCCC1CCCCN1CCC(O)c1cccc(C)c1. The quantitative estimate of drug-likeness (QED) is 0.846. The van der Waals surface area contributed by atoms with Crippen LogP contribution >= 0.6 is 0 Å². The van der Waals surface area contributed by atoms with Crippen molar-refractivity contribution in [1.82, 2.24) is 4.90 Å². The minimum atomic E-state index is -0.320. The third kappa shape index (κ3) is 4.32. The van der Waals surface area contributed by atoms with E-state index in [-0.39, 0.29) is 6.10 Å². The van der Waals surface area contributed by atoms with Crippen molar-refractivity contribution in [3.8, 4) is 0 Å². The van der Waals surface area contributed by atoms with E-state index in [0.29, 0.717) is 0 Å². The van der Waals surface area contributed by atoms with Crippen molar-refractivity contribution in [1.29, 1.82) is 0 Å². The van der Waals surface area contributed by atoms with Crippen LogP contribution in [-0.2, 0) is 0 Å². The summed E-state index contributed by atoms with van der Waals surface area (Å²) < 4.78 is 0. The number of aliphatic hydroxyl groups is 1. The van der Waals surface area contributed by atoms with E-state index in [1.807, 2.05) is 12.1 Å². The van der Waals surface area contributed by atoms with Crippen LogP contribution in [-0.4, -0.2) is 29.1 Å². The first-order valence-corrected chi connectivity index (χ1v) is 8.19. The van der Waals surface area contributed by atoms with Crippen molar-refractivity contribution in [2.24, 2.45) is 0 Å². The van der Waals surface area contributed by atoms with E-state index in [9.17, 15) is 5.11 Å². The molecular weight excluding hydrogens is 246 g/mol. The number of nitrogens with zero attached hydrogens (tertiary/aromatic N) is 1. The second kappa shape index (κ2) is 7.80. The first-order valence-electron chi connectivity index (χ1n) is 8.19. The molecule has 1 fully saturated rings. The molecule has 2 atom stereocenters. The Morgan fingerprint density at radius 2 is 2.20 bits per heavy atom. The van der Waals surface area contributed by atoms with E-state index in [4.69, 9.17) is 0 Å². The number of rotatable bonds is 6. The summed E-state index contributed by atoms with van der Waals surface area (Å²) in [5.74, 6) is 0. The summed E-state index contributed by atoms with van der Waals surface area (Å²) in [6.07, 6.45) is 7.14. The Hall–Kier alpha value is -0.860. The molecule has 0 bridgehead atoms. The summed E-state index contributed by atoms with van der Waals surface area (Å²) in [5.41, 5.74) is 2.29. The van der Waals surface area contributed by atoms with Gasteiger partial charge in [-0.25, -0.2) is 0 Å². The van der Waals surface area contributed by atoms with Crippen LogP contribution in [0.2, 0.25) is 0 Å². The third-order valence-electron chi connectivity index (χ3n) is 4.49. The van der Waals surface area contributed by atoms with Gasteiger partial charge in [0.25, 0.3) is 0 Å². The molecule has 0 amide bonds. The summed E-state index contributed by atoms with van der Waals surface area (Å²) in [4.78, 5) is 2.60. The molecule has 1 aliphatic rings. The van der Waals surface area contributed by atoms with Crippen LogP contribution < -0.4 is 0 Å². The average molecular weight is 275 g/mol. The maximum Gasteiger partial charge on any atom is 0.0802 e. The Balaban J connectivity index is 1.86. The molecule has 1 heterocycles. The molecule has 0 aromatic heterocycles. The molecule has 2 unspecified atom stereocenters. The lowest BCUT2D eigenvalue weighted by atomic mass is 9.97. The minimum absolute atomic E-state index is 0.320. The maximum absolute atomic E-state index is 10.4. The summed E-state index contributed by atoms with van der Waals surface area (Å²) in [6, 6.07) is 9.01. The monoisotopic (exact) mass is 275 g/mol. The van der Waals surface area contributed by atoms with E-state index < -0.39 is 0 Å². The smallest absolute Gasteiger partial charge is 0.0802 e. The van der Waals surface area contributed by atoms with E-state index >= 15 is 0 Å². The number of hydrogen-bond donors (Lipinski definition) is 1. The van der Waals surface area contributed by atoms with Gasteiger partial charge in [-0.15, -0.1) is 0 Å². The van der Waals surface area contributed by atoms with Gasteiger partial charge in [0, 0.05) is 12.6 Å². The molecule has 2 nitrogen and oxygen atoms in total. The Morgan fingerprint density at radius 1 is 1.35 bits per heavy atom. The summed E-state index contributed by atoms with van der Waals surface area (Å²) in [6.45, 7) is 6.59. The number of aliphatic hydroxyl groups excluding tert-OH is 1. The van der Waals surface area contributed by atoms with Crippen molar-refractivity contribution in [2.45, 2.75) is 64.5 Å². The molecule has 2 rings (SSSR count). The molecule has 1 saturated heterocycles. The molecule has 1 aliphatic heterocycles. The minimum Gasteiger partial charge on any atom is -0.388 e. The van der Waals surface area contributed by atoms with Gasteiger partial charge in [-0.1, -0.05) is 49.6 Å². The van der Waals surface area contributed by atoms with Gasteiger partial charge in [-0.3, -0.25) is 0 Å². The highest BCUT2D eigenvalue weighted by atomic mass is 16.3. The summed E-state index contributed by atoms with van der Waals surface area (Å²) in [7, 11) is 0. The number of benzene rings is 1. The molecule has 0 saturated carbocycles. The van der Waals surface area contributed by atoms with Gasteiger partial charge in [0.2, 0.25) is 0 Å². The van der Waals surface area contributed by atoms with Crippen LogP contribution in [0.3, 0.4) is 0 Å². The number of likely N-dealkylation sites (tertiary alicyclic amines) is 1. The second-order valence-electron chi connectivity index (χ2n) is 6.19. The Labute approximate surface area is 123 Å². The third-order valence-corrected chi connectivity index (χ3v) is 4.49. The Morgan fingerprint density at radius 3 is 2.95 bits per heavy atom. The van der Waals surface area contributed by atoms with Crippen LogP contribution in [0.15, 0.2) is 24.3 Å². The van der Waals surface area contributed by atoms with Gasteiger partial charge in [-0.05, 0) is 44.7 Å². The van der Waals surface area contributed by atoms with Crippen LogP contribution in [0.1, 0.15) is 62.7 Å². The molecule has 1 aromatic carbocycles. The summed E-state index contributed by atoms with van der Waals surface area (Å²) >= 11 is 0. The number of hydrogen-bond acceptors (Lipinski definition) is 2. The lowest BCUT2D eigenvalue weighted by Gasteiger charge is -2.36. The summed E-state index contributed by atoms with van der Waals surface area (Å²) in [5, 5.41) is 10.4. The highest BCUT2D eigenvalue weighted by Gasteiger charge is 2.22. The lowest BCUT2D eigenvalue weighted by molar-refractivity contribution is 0.0987. The fourth-order valence-electron chi connectivity index (χ4n) is 3.35. The first-order chi connectivity index (χ1) is 9.70. The molecule has 0 spiro atoms. The first kappa shape index (κ1) is 15.5. The molecule has 0 radical (unpaired) electrons. The van der Waals surface area contributed by atoms with Gasteiger partial charge in [-0.2, -0.15) is 0 Å². The fourth-order valence-corrected chi connectivity index (χ4v) is 3.35. The molecule has 1 aromatic rings. The standard InChI is InChI=1S/C18H29NO/c1-3-7-17-10-4-5-12-19(17)13-11-18(20)16-9-6-8-15(2)14-16/h6,8-9,14,17-18,20H,3-5,7,10-13H2,1-2H3. The maximum atomic E-state index is 10.4. The largest absolute Gasteiger partial charge is 0.388 e. The van der Waals surface area contributed by atoms with Crippen LogP contribution in [0.5, 0.6) is 0 Å². The zero-order valence-corrected chi connectivity index (χ0v) is 13.0. The van der Waals surface area contributed by atoms with Gasteiger partial charge in [0.15, 0.2) is 0 Å². The zero-order valence-electron chi connectivity index (χ0n) is 13.0. The fraction of sp³-hybridized carbons (Fsp3) is 0.667. The van der Waals surface area contributed by atoms with Crippen molar-refractivity contribution in [3.05, 3.63) is 35.4 Å². The highest BCUT2D eigenvalue weighted by molar-refractivity contribution is 5.23. The van der Waals surface area contributed by atoms with E-state index in [2.05, 4.69) is 30.9 Å². The van der Waals surface area contributed by atoms with Crippen molar-refractivity contribution in [3.63, 3.8) is 0 Å². The highest BCUT2D eigenvalue weighted by Crippen LogP contribution is 2.24. The van der Waals surface area contributed by atoms with Gasteiger partial charge in [0.1, 0.15) is 0 Å². The van der Waals surface area contributed by atoms with Crippen molar-refractivity contribution in [2.75, 3.05) is 13.1 Å². The van der Waals surface area contributed by atoms with Gasteiger partial charge >= 0.3 is 0 Å². The van der Waals surface area contributed by atoms with Gasteiger partial charge < -0.3 is 10.0 Å². The van der Waals surface area contributed by atoms with Crippen molar-refractivity contribution < 1.29 is 5.11 Å². The zero-order chi connectivity index (χ0) is 14.4. The topological polar surface area (TPSA) is 23.5 Å². The molecule has 20 heavy (non-hydrogen) atoms. The Bertz CT molecular complexity index is 402. The van der Waals surface area contributed by atoms with E-state index in [1.165, 1.54) is 44.2 Å². The Kier molecular flexibility index (Phi) is 6.06. The van der Waals surface area contributed by atoms with Crippen LogP contribution in [0, 0.1) is 6.92 Å². The van der Waals surface area contributed by atoms with Crippen molar-refractivity contribution >= 4 is 0 Å². The molecule has 112 valence electrons. The normalized spacial score (nSPS) is 21.9. The number of piperidine rings is 1. The molecular formula is C18H29NO. The lowest BCUT2D eigenvalue weighted by Crippen LogP contribution is -2.40. The van der Waals surface area contributed by atoms with Gasteiger partial charge in [0.05, 0.1) is 6.10 Å². The predicted molar refractivity (Wildman–Crippen MR) is 84.9 cm³/mol. The van der Waals surface area contributed by atoms with Crippen LogP contribution in [0.25, 0.3) is 0 Å². The molecule has 2 heteroatoms. The predicted octanol–water partition coefficient (Wildman–Crippen LogP) is 4.07. The second-order valence-corrected chi connectivity index (χ2v) is 6.19. The number of aryl methyl sites for hydroxylation is 1. The molecule has 0 aliphatic carbocycles. The molecule has 1 N–H and O–H groups in total.